The first-order chi connectivity index (χ1) is 10.5. The van der Waals surface area contributed by atoms with Crippen LogP contribution in [0.15, 0.2) is 30.3 Å². The van der Waals surface area contributed by atoms with Crippen LogP contribution >= 0.6 is 0 Å². The third-order valence-corrected chi connectivity index (χ3v) is 3.71. The number of nitrogens with one attached hydrogen (secondary N) is 2. The number of nitrogens with zero attached hydrogens (tertiary/aromatic N) is 1. The number of carbonyl (C=O) groups is 2. The van der Waals surface area contributed by atoms with E-state index in [9.17, 15) is 9.59 Å². The molecule has 1 aromatic rings. The van der Waals surface area contributed by atoms with Crippen molar-refractivity contribution in [3.8, 4) is 0 Å². The van der Waals surface area contributed by atoms with Gasteiger partial charge in [-0.15, -0.1) is 0 Å². The third-order valence-electron chi connectivity index (χ3n) is 3.71. The Kier molecular flexibility index (Phi) is 7.60. The largest absolute Gasteiger partial charge is 0.345 e. The Morgan fingerprint density at radius 2 is 1.73 bits per heavy atom. The molecule has 0 fully saturated rings. The Bertz CT molecular complexity index is 472. The van der Waals surface area contributed by atoms with Gasteiger partial charge >= 0.3 is 0 Å². The van der Waals surface area contributed by atoms with Crippen molar-refractivity contribution in [3.63, 3.8) is 0 Å². The molecule has 0 heterocycles. The average Bonchev–Trinajstić information content (AvgIpc) is 2.48. The summed E-state index contributed by atoms with van der Waals surface area (Å²) in [5.74, 6) is 0.0487. The van der Waals surface area contributed by atoms with Gasteiger partial charge in [-0.3, -0.25) is 9.59 Å². The van der Waals surface area contributed by atoms with Gasteiger partial charge in [-0.1, -0.05) is 30.3 Å². The summed E-state index contributed by atoms with van der Waals surface area (Å²) in [6.45, 7) is 7.94. The van der Waals surface area contributed by atoms with Gasteiger partial charge in [-0.2, -0.15) is 0 Å². The van der Waals surface area contributed by atoms with Crippen LogP contribution in [0.4, 0.5) is 0 Å². The van der Waals surface area contributed by atoms with Crippen molar-refractivity contribution in [2.24, 2.45) is 0 Å². The molecule has 0 saturated heterocycles. The van der Waals surface area contributed by atoms with E-state index in [1.807, 2.05) is 58.2 Å². The van der Waals surface area contributed by atoms with E-state index in [2.05, 4.69) is 5.32 Å². The molecule has 5 nitrogen and oxygen atoms in total. The van der Waals surface area contributed by atoms with Crippen molar-refractivity contribution in [2.75, 3.05) is 33.2 Å². The summed E-state index contributed by atoms with van der Waals surface area (Å²) in [6, 6.07) is 9.82. The van der Waals surface area contributed by atoms with Gasteiger partial charge in [0.25, 0.3) is 11.8 Å². The van der Waals surface area contributed by atoms with Crippen LogP contribution in [0.2, 0.25) is 0 Å². The molecule has 2 N–H and O–H groups in total. The molecule has 5 heteroatoms. The molecule has 0 bridgehead atoms. The lowest BCUT2D eigenvalue weighted by Gasteiger charge is -2.21. The first-order valence-corrected chi connectivity index (χ1v) is 7.91. The second-order valence-corrected chi connectivity index (χ2v) is 5.58. The highest BCUT2D eigenvalue weighted by Gasteiger charge is 2.18. The van der Waals surface area contributed by atoms with E-state index in [1.165, 1.54) is 0 Å². The van der Waals surface area contributed by atoms with E-state index in [4.69, 9.17) is 0 Å². The lowest BCUT2D eigenvalue weighted by molar-refractivity contribution is -0.863. The van der Waals surface area contributed by atoms with E-state index in [-0.39, 0.29) is 17.9 Å². The van der Waals surface area contributed by atoms with Crippen LogP contribution in [0.3, 0.4) is 0 Å². The van der Waals surface area contributed by atoms with Crippen molar-refractivity contribution < 1.29 is 14.5 Å². The molecular formula is C17H28N3O2+. The molecular weight excluding hydrogens is 278 g/mol. The predicted octanol–water partition coefficient (Wildman–Crippen LogP) is 0.247. The van der Waals surface area contributed by atoms with E-state index < -0.39 is 0 Å². The molecule has 0 spiro atoms. The Hall–Kier alpha value is -1.88. The van der Waals surface area contributed by atoms with Crippen molar-refractivity contribution in [1.29, 1.82) is 0 Å². The number of amides is 2. The van der Waals surface area contributed by atoms with Crippen LogP contribution in [0.1, 0.15) is 32.4 Å². The fraction of sp³-hybridized carbons (Fsp3) is 0.529. The molecule has 0 aromatic heterocycles. The Morgan fingerprint density at radius 3 is 2.27 bits per heavy atom. The van der Waals surface area contributed by atoms with E-state index in [0.717, 1.165) is 10.5 Å². The number of hydrogen-bond donors (Lipinski definition) is 2. The van der Waals surface area contributed by atoms with Crippen LogP contribution in [0.25, 0.3) is 0 Å². The fourth-order valence-electron chi connectivity index (χ4n) is 2.40. The summed E-state index contributed by atoms with van der Waals surface area (Å²) >= 11 is 0. The van der Waals surface area contributed by atoms with Gasteiger partial charge in [0, 0.05) is 13.1 Å². The number of rotatable bonds is 8. The van der Waals surface area contributed by atoms with Crippen LogP contribution in [0, 0.1) is 0 Å². The number of benzene rings is 1. The van der Waals surface area contributed by atoms with Gasteiger partial charge in [0.15, 0.2) is 13.1 Å². The summed E-state index contributed by atoms with van der Waals surface area (Å²) in [7, 11) is 1.87. The lowest BCUT2D eigenvalue weighted by atomic mass is 10.1. The molecule has 0 radical (unpaired) electrons. The minimum absolute atomic E-state index is 0.0278. The summed E-state index contributed by atoms with van der Waals surface area (Å²) in [6.07, 6.45) is 0. The Labute approximate surface area is 133 Å². The first kappa shape index (κ1) is 18.2. The number of likely N-dealkylation sites (N-methyl/N-ethyl adjacent to an activating group) is 2. The second-order valence-electron chi connectivity index (χ2n) is 5.58. The number of carbonyl (C=O) groups excluding carboxylic acids is 2. The van der Waals surface area contributed by atoms with E-state index in [0.29, 0.717) is 26.2 Å². The highest BCUT2D eigenvalue weighted by atomic mass is 16.2. The van der Waals surface area contributed by atoms with Crippen LogP contribution in [-0.4, -0.2) is 49.9 Å². The van der Waals surface area contributed by atoms with Crippen molar-refractivity contribution in [1.82, 2.24) is 10.2 Å². The van der Waals surface area contributed by atoms with Crippen molar-refractivity contribution >= 4 is 11.8 Å². The molecule has 1 aromatic carbocycles. The summed E-state index contributed by atoms with van der Waals surface area (Å²) in [5.41, 5.74) is 1.08. The maximum absolute atomic E-state index is 12.1. The molecule has 1 rings (SSSR count). The normalized spacial score (nSPS) is 13.3. The zero-order valence-corrected chi connectivity index (χ0v) is 14.1. The molecule has 0 saturated carbocycles. The van der Waals surface area contributed by atoms with Gasteiger partial charge < -0.3 is 15.1 Å². The predicted molar refractivity (Wildman–Crippen MR) is 87.5 cm³/mol. The van der Waals surface area contributed by atoms with Crippen LogP contribution in [-0.2, 0) is 9.59 Å². The third kappa shape index (κ3) is 5.85. The van der Waals surface area contributed by atoms with E-state index in [1.54, 1.807) is 4.90 Å². The molecule has 22 heavy (non-hydrogen) atoms. The molecule has 0 aliphatic carbocycles. The quantitative estimate of drug-likeness (QED) is 0.723. The molecule has 2 atom stereocenters. The van der Waals surface area contributed by atoms with Gasteiger partial charge in [-0.05, 0) is 26.3 Å². The minimum atomic E-state index is -0.0406. The average molecular weight is 306 g/mol. The zero-order chi connectivity index (χ0) is 16.5. The molecule has 0 aliphatic rings. The van der Waals surface area contributed by atoms with Gasteiger partial charge in [-0.25, -0.2) is 0 Å². The van der Waals surface area contributed by atoms with Gasteiger partial charge in [0.05, 0.1) is 13.1 Å². The zero-order valence-electron chi connectivity index (χ0n) is 14.1. The van der Waals surface area contributed by atoms with Gasteiger partial charge in [0.2, 0.25) is 0 Å². The molecule has 2 amide bonds. The van der Waals surface area contributed by atoms with Crippen molar-refractivity contribution in [2.45, 2.75) is 26.8 Å². The monoisotopic (exact) mass is 306 g/mol. The first-order valence-electron chi connectivity index (χ1n) is 7.91. The highest BCUT2D eigenvalue weighted by molar-refractivity contribution is 5.79. The Balaban J connectivity index is 2.43. The summed E-state index contributed by atoms with van der Waals surface area (Å²) in [4.78, 5) is 26.8. The van der Waals surface area contributed by atoms with Gasteiger partial charge in [0.1, 0.15) is 0 Å². The molecule has 122 valence electrons. The summed E-state index contributed by atoms with van der Waals surface area (Å²) < 4.78 is 0. The van der Waals surface area contributed by atoms with Crippen molar-refractivity contribution in [3.05, 3.63) is 35.9 Å². The van der Waals surface area contributed by atoms with Crippen LogP contribution in [0.5, 0.6) is 0 Å². The lowest BCUT2D eigenvalue weighted by Crippen LogP contribution is -3.11. The number of quaternary nitrogens is 1. The standard InChI is InChI=1S/C17H27N3O2/c1-5-20(6-2)17(22)13-19(4)12-16(21)18-14(3)15-10-8-7-9-11-15/h7-11,14H,5-6,12-13H2,1-4H3,(H,18,21)/p+1/t14-/m0/s1. The van der Waals surface area contributed by atoms with Crippen LogP contribution < -0.4 is 10.2 Å². The maximum Gasteiger partial charge on any atom is 0.277 e. The van der Waals surface area contributed by atoms with E-state index >= 15 is 0 Å². The minimum Gasteiger partial charge on any atom is -0.345 e. The molecule has 1 unspecified atom stereocenters. The topological polar surface area (TPSA) is 53.9 Å². The summed E-state index contributed by atoms with van der Waals surface area (Å²) in [5, 5.41) is 2.97. The highest BCUT2D eigenvalue weighted by Crippen LogP contribution is 2.10. The molecule has 0 aliphatic heterocycles. The second kappa shape index (κ2) is 9.20. The number of hydrogen-bond acceptors (Lipinski definition) is 2. The SMILES string of the molecule is CCN(CC)C(=O)C[NH+](C)CC(=O)N[C@@H](C)c1ccccc1. The fourth-order valence-corrected chi connectivity index (χ4v) is 2.40. The maximum atomic E-state index is 12.1. The Morgan fingerprint density at radius 1 is 1.14 bits per heavy atom. The smallest absolute Gasteiger partial charge is 0.277 e.